The maximum absolute atomic E-state index is 13.2. The van der Waals surface area contributed by atoms with Gasteiger partial charge in [0.15, 0.2) is 0 Å². The molecule has 0 unspecified atom stereocenters. The smallest absolute Gasteiger partial charge is 0.420 e. The fourth-order valence-corrected chi connectivity index (χ4v) is 2.37. The van der Waals surface area contributed by atoms with E-state index in [2.05, 4.69) is 30.9 Å². The van der Waals surface area contributed by atoms with E-state index in [9.17, 15) is 13.2 Å². The molecule has 9 heteroatoms. The number of rotatable bonds is 2. The van der Waals surface area contributed by atoms with Gasteiger partial charge in [-0.3, -0.25) is 4.40 Å². The highest BCUT2D eigenvalue weighted by atomic mass is 79.9. The summed E-state index contributed by atoms with van der Waals surface area (Å²) in [5.41, 5.74) is -0.237. The summed E-state index contributed by atoms with van der Waals surface area (Å²) in [5.74, 6) is 0. The number of nitrogens with zero attached hydrogens (tertiary/aromatic N) is 4. The van der Waals surface area contributed by atoms with Gasteiger partial charge in [0.1, 0.15) is 10.3 Å². The van der Waals surface area contributed by atoms with E-state index in [-0.39, 0.29) is 11.7 Å². The van der Waals surface area contributed by atoms with Crippen molar-refractivity contribution in [2.24, 2.45) is 0 Å². The second-order valence-electron chi connectivity index (χ2n) is 4.37. The zero-order valence-corrected chi connectivity index (χ0v) is 12.7. The first-order valence-electron chi connectivity index (χ1n) is 6.00. The third kappa shape index (κ3) is 2.52. The van der Waals surface area contributed by atoms with Gasteiger partial charge in [0.2, 0.25) is 0 Å². The van der Waals surface area contributed by atoms with Crippen molar-refractivity contribution in [1.29, 1.82) is 0 Å². The van der Waals surface area contributed by atoms with Crippen LogP contribution in [0.4, 0.5) is 13.2 Å². The van der Waals surface area contributed by atoms with Crippen molar-refractivity contribution in [3.63, 3.8) is 0 Å². The van der Waals surface area contributed by atoms with E-state index < -0.39 is 11.7 Å². The standard InChI is InChI=1S/C13H8BrF3N4O/c1-22-12-19-3-8(4-20-12)7-2-9(13(15,16)17)11-18-5-10(14)21(11)6-7/h2-6H,1H3. The van der Waals surface area contributed by atoms with E-state index in [4.69, 9.17) is 4.74 Å². The Hall–Kier alpha value is -2.16. The molecule has 0 aromatic carbocycles. The second-order valence-corrected chi connectivity index (χ2v) is 5.19. The van der Waals surface area contributed by atoms with Crippen molar-refractivity contribution < 1.29 is 17.9 Å². The van der Waals surface area contributed by atoms with Gasteiger partial charge in [-0.2, -0.15) is 13.2 Å². The lowest BCUT2D eigenvalue weighted by molar-refractivity contribution is -0.136. The first-order valence-corrected chi connectivity index (χ1v) is 6.79. The van der Waals surface area contributed by atoms with Crippen LogP contribution in [0.3, 0.4) is 0 Å². The van der Waals surface area contributed by atoms with Crippen molar-refractivity contribution in [2.45, 2.75) is 6.18 Å². The zero-order chi connectivity index (χ0) is 15.9. The van der Waals surface area contributed by atoms with Gasteiger partial charge in [0, 0.05) is 29.7 Å². The average molecular weight is 373 g/mol. The molecular weight excluding hydrogens is 365 g/mol. The van der Waals surface area contributed by atoms with E-state index in [0.717, 1.165) is 6.07 Å². The third-order valence-corrected chi connectivity index (χ3v) is 3.60. The number of aromatic nitrogens is 4. The summed E-state index contributed by atoms with van der Waals surface area (Å²) in [6.07, 6.45) is 1.14. The third-order valence-electron chi connectivity index (χ3n) is 3.01. The number of methoxy groups -OCH3 is 1. The molecule has 3 aromatic rings. The Bertz CT molecular complexity index is 830. The lowest BCUT2D eigenvalue weighted by Crippen LogP contribution is -2.08. The van der Waals surface area contributed by atoms with Gasteiger partial charge in [0.25, 0.3) is 0 Å². The molecule has 0 spiro atoms. The van der Waals surface area contributed by atoms with Gasteiger partial charge in [-0.15, -0.1) is 0 Å². The molecule has 0 aliphatic rings. The topological polar surface area (TPSA) is 52.3 Å². The van der Waals surface area contributed by atoms with Crippen LogP contribution in [0.25, 0.3) is 16.8 Å². The molecule has 5 nitrogen and oxygen atoms in total. The minimum Gasteiger partial charge on any atom is -0.467 e. The average Bonchev–Trinajstić information content (AvgIpc) is 2.87. The molecule has 3 aromatic heterocycles. The maximum atomic E-state index is 13.2. The Morgan fingerprint density at radius 1 is 1.09 bits per heavy atom. The summed E-state index contributed by atoms with van der Waals surface area (Å²) >= 11 is 3.18. The zero-order valence-electron chi connectivity index (χ0n) is 11.1. The normalized spacial score (nSPS) is 11.9. The largest absolute Gasteiger partial charge is 0.467 e. The monoisotopic (exact) mass is 372 g/mol. The summed E-state index contributed by atoms with van der Waals surface area (Å²) < 4.78 is 46.2. The SMILES string of the molecule is COc1ncc(-c2cc(C(F)(F)F)c3ncc(Br)n3c2)cn1. The van der Waals surface area contributed by atoms with Gasteiger partial charge < -0.3 is 4.74 Å². The molecule has 0 saturated heterocycles. The minimum atomic E-state index is -4.52. The van der Waals surface area contributed by atoms with Crippen LogP contribution < -0.4 is 4.74 Å². The van der Waals surface area contributed by atoms with Gasteiger partial charge in [-0.25, -0.2) is 15.0 Å². The highest BCUT2D eigenvalue weighted by Gasteiger charge is 2.34. The molecule has 22 heavy (non-hydrogen) atoms. The van der Waals surface area contributed by atoms with Crippen LogP contribution in [0.1, 0.15) is 5.56 Å². The molecule has 0 aliphatic carbocycles. The van der Waals surface area contributed by atoms with Crippen LogP contribution in [0.15, 0.2) is 35.5 Å². The number of hydrogen-bond acceptors (Lipinski definition) is 4. The molecular formula is C13H8BrF3N4O. The quantitative estimate of drug-likeness (QED) is 0.689. The molecule has 0 amide bonds. The summed E-state index contributed by atoms with van der Waals surface area (Å²) in [6.45, 7) is 0. The highest BCUT2D eigenvalue weighted by molar-refractivity contribution is 9.10. The van der Waals surface area contributed by atoms with Gasteiger partial charge >= 0.3 is 12.2 Å². The van der Waals surface area contributed by atoms with Gasteiger partial charge in [0.05, 0.1) is 18.9 Å². The number of ether oxygens (including phenoxy) is 1. The Balaban J connectivity index is 2.23. The van der Waals surface area contributed by atoms with Gasteiger partial charge in [-0.1, -0.05) is 0 Å². The van der Waals surface area contributed by atoms with Crippen molar-refractivity contribution in [3.8, 4) is 17.1 Å². The fourth-order valence-electron chi connectivity index (χ4n) is 2.00. The first-order chi connectivity index (χ1) is 10.4. The number of fused-ring (bicyclic) bond motifs is 1. The predicted molar refractivity (Wildman–Crippen MR) is 75.5 cm³/mol. The number of imidazole rings is 1. The summed E-state index contributed by atoms with van der Waals surface area (Å²) in [6, 6.07) is 1.17. The van der Waals surface area contributed by atoms with E-state index in [1.807, 2.05) is 0 Å². The Morgan fingerprint density at radius 2 is 1.77 bits per heavy atom. The fraction of sp³-hybridized carbons (Fsp3) is 0.154. The van der Waals surface area contributed by atoms with Crippen molar-refractivity contribution >= 4 is 21.6 Å². The first kappa shape index (κ1) is 14.8. The van der Waals surface area contributed by atoms with Crippen molar-refractivity contribution in [2.75, 3.05) is 7.11 Å². The molecule has 0 N–H and O–H groups in total. The molecule has 3 rings (SSSR count). The summed E-state index contributed by atoms with van der Waals surface area (Å²) in [7, 11) is 1.41. The molecule has 0 atom stereocenters. The van der Waals surface area contributed by atoms with Gasteiger partial charge in [-0.05, 0) is 22.0 Å². The lowest BCUT2D eigenvalue weighted by Gasteiger charge is -2.11. The van der Waals surface area contributed by atoms with E-state index in [1.165, 1.54) is 36.3 Å². The van der Waals surface area contributed by atoms with Crippen LogP contribution in [-0.4, -0.2) is 26.5 Å². The van der Waals surface area contributed by atoms with Crippen LogP contribution in [-0.2, 0) is 6.18 Å². The summed E-state index contributed by atoms with van der Waals surface area (Å²) in [4.78, 5) is 11.6. The number of alkyl halides is 3. The molecule has 0 aliphatic heterocycles. The van der Waals surface area contributed by atoms with E-state index >= 15 is 0 Å². The van der Waals surface area contributed by atoms with Crippen LogP contribution in [0, 0.1) is 0 Å². The molecule has 0 saturated carbocycles. The van der Waals surface area contributed by atoms with E-state index in [1.54, 1.807) is 0 Å². The number of pyridine rings is 1. The number of hydrogen-bond donors (Lipinski definition) is 0. The van der Waals surface area contributed by atoms with Crippen molar-refractivity contribution in [1.82, 2.24) is 19.4 Å². The predicted octanol–water partition coefficient (Wildman–Crippen LogP) is 3.58. The van der Waals surface area contributed by atoms with Crippen LogP contribution in [0.5, 0.6) is 6.01 Å². The molecule has 0 fully saturated rings. The molecule has 0 radical (unpaired) electrons. The lowest BCUT2D eigenvalue weighted by atomic mass is 10.1. The summed E-state index contributed by atoms with van der Waals surface area (Å²) in [5, 5.41) is 0. The Morgan fingerprint density at radius 3 is 2.36 bits per heavy atom. The maximum Gasteiger partial charge on any atom is 0.420 e. The van der Waals surface area contributed by atoms with Crippen LogP contribution >= 0.6 is 15.9 Å². The Kier molecular flexibility index (Phi) is 3.51. The molecule has 114 valence electrons. The Labute approximate surface area is 130 Å². The second kappa shape index (κ2) is 5.24. The van der Waals surface area contributed by atoms with Crippen molar-refractivity contribution in [3.05, 3.63) is 41.0 Å². The van der Waals surface area contributed by atoms with E-state index in [0.29, 0.717) is 15.7 Å². The van der Waals surface area contributed by atoms with Crippen LogP contribution in [0.2, 0.25) is 0 Å². The minimum absolute atomic E-state index is 0.143. The molecule has 0 bridgehead atoms. The number of halogens is 4. The highest BCUT2D eigenvalue weighted by Crippen LogP contribution is 2.35. The molecule has 3 heterocycles.